The first-order valence-corrected chi connectivity index (χ1v) is 15.0. The van der Waals surface area contributed by atoms with E-state index in [2.05, 4.69) is 5.32 Å². The van der Waals surface area contributed by atoms with Gasteiger partial charge in [-0.25, -0.2) is 8.42 Å². The lowest BCUT2D eigenvalue weighted by molar-refractivity contribution is -0.140. The minimum Gasteiger partial charge on any atom is -0.352 e. The topological polar surface area (TPSA) is 104 Å². The zero-order valence-electron chi connectivity index (χ0n) is 23.6. The van der Waals surface area contributed by atoms with Gasteiger partial charge in [0, 0.05) is 24.6 Å². The fraction of sp³-hybridized carbons (Fsp3) is 0.323. The summed E-state index contributed by atoms with van der Waals surface area (Å²) in [4.78, 5) is 41.0. The number of rotatable bonds is 12. The third-order valence-corrected chi connectivity index (χ3v) is 7.54. The molecule has 1 N–H and O–H groups in total. The van der Waals surface area contributed by atoms with Crippen molar-refractivity contribution in [2.45, 2.75) is 52.7 Å². The molecule has 0 aliphatic rings. The summed E-state index contributed by atoms with van der Waals surface area (Å²) in [7, 11) is -3.92. The van der Waals surface area contributed by atoms with Crippen molar-refractivity contribution >= 4 is 33.3 Å². The molecule has 0 aromatic heterocycles. The fourth-order valence-electron chi connectivity index (χ4n) is 4.32. The van der Waals surface area contributed by atoms with Gasteiger partial charge in [0.25, 0.3) is 0 Å². The van der Waals surface area contributed by atoms with Crippen LogP contribution in [0.1, 0.15) is 47.8 Å². The van der Waals surface area contributed by atoms with Crippen LogP contribution in [0.25, 0.3) is 0 Å². The van der Waals surface area contributed by atoms with E-state index in [1.807, 2.05) is 75.4 Å². The summed E-state index contributed by atoms with van der Waals surface area (Å²) in [6, 6.07) is 22.1. The van der Waals surface area contributed by atoms with E-state index in [4.69, 9.17) is 0 Å². The van der Waals surface area contributed by atoms with Gasteiger partial charge in [-0.05, 0) is 51.0 Å². The number of amides is 2. The number of carbonyl (C=O) groups is 3. The highest BCUT2D eigenvalue weighted by atomic mass is 32.2. The number of anilines is 1. The molecule has 0 saturated carbocycles. The van der Waals surface area contributed by atoms with E-state index in [1.54, 1.807) is 12.1 Å². The first kappa shape index (κ1) is 30.6. The van der Waals surface area contributed by atoms with Gasteiger partial charge >= 0.3 is 0 Å². The van der Waals surface area contributed by atoms with E-state index in [0.717, 1.165) is 27.3 Å². The molecule has 0 bridgehead atoms. The summed E-state index contributed by atoms with van der Waals surface area (Å²) in [6.07, 6.45) is 1.26. The highest BCUT2D eigenvalue weighted by Crippen LogP contribution is 2.22. The van der Waals surface area contributed by atoms with Crippen molar-refractivity contribution in [2.75, 3.05) is 17.1 Å². The Bertz CT molecular complexity index is 1440. The summed E-state index contributed by atoms with van der Waals surface area (Å²) < 4.78 is 26.8. The Kier molecular flexibility index (Phi) is 10.2. The highest BCUT2D eigenvalue weighted by Gasteiger charge is 2.33. The molecule has 212 valence electrons. The Morgan fingerprint density at radius 2 is 1.52 bits per heavy atom. The van der Waals surface area contributed by atoms with E-state index >= 15 is 0 Å². The predicted molar refractivity (Wildman–Crippen MR) is 158 cm³/mol. The average molecular weight is 564 g/mol. The molecular formula is C31H37N3O5S. The van der Waals surface area contributed by atoms with Gasteiger partial charge < -0.3 is 10.2 Å². The molecule has 3 aromatic rings. The Balaban J connectivity index is 2.07. The Morgan fingerprint density at radius 1 is 0.875 bits per heavy atom. The molecule has 40 heavy (non-hydrogen) atoms. The minimum atomic E-state index is -3.92. The molecule has 0 saturated heterocycles. The molecule has 0 aliphatic carbocycles. The lowest BCUT2D eigenvalue weighted by Gasteiger charge is -2.34. The highest BCUT2D eigenvalue weighted by molar-refractivity contribution is 7.92. The maximum absolute atomic E-state index is 14.1. The van der Waals surface area contributed by atoms with Crippen LogP contribution in [0.2, 0.25) is 0 Å². The molecule has 0 spiro atoms. The lowest BCUT2D eigenvalue weighted by atomic mass is 10.0. The first-order valence-electron chi connectivity index (χ1n) is 13.1. The Morgan fingerprint density at radius 3 is 2.10 bits per heavy atom. The third kappa shape index (κ3) is 8.51. The number of nitrogens with one attached hydrogen (secondary N) is 1. The molecule has 0 heterocycles. The normalized spacial score (nSPS) is 12.1. The van der Waals surface area contributed by atoms with Gasteiger partial charge in [0.2, 0.25) is 21.8 Å². The van der Waals surface area contributed by atoms with E-state index in [9.17, 15) is 22.8 Å². The molecule has 3 rings (SSSR count). The van der Waals surface area contributed by atoms with Crippen LogP contribution in [0.15, 0.2) is 78.9 Å². The number of ketones is 1. The summed E-state index contributed by atoms with van der Waals surface area (Å²) in [6.45, 7) is 6.60. The molecule has 0 radical (unpaired) electrons. The summed E-state index contributed by atoms with van der Waals surface area (Å²) >= 11 is 0. The maximum Gasteiger partial charge on any atom is 0.244 e. The van der Waals surface area contributed by atoms with Crippen molar-refractivity contribution < 1.29 is 22.8 Å². The Labute approximate surface area is 237 Å². The number of hydrogen-bond donors (Lipinski definition) is 1. The van der Waals surface area contributed by atoms with Crippen molar-refractivity contribution in [3.63, 3.8) is 0 Å². The SMILES string of the molecule is CC(=O)c1cccc(N(CC(=O)N(Cc2ccc(C)cc2)[C@@H](Cc2ccccc2)C(=O)NC(C)C)S(C)(=O)=O)c1. The van der Waals surface area contributed by atoms with Crippen molar-refractivity contribution in [1.82, 2.24) is 10.2 Å². The fourth-order valence-corrected chi connectivity index (χ4v) is 5.16. The number of aryl methyl sites for hydroxylation is 1. The zero-order valence-corrected chi connectivity index (χ0v) is 24.4. The molecule has 2 amide bonds. The van der Waals surface area contributed by atoms with Crippen molar-refractivity contribution in [2.24, 2.45) is 0 Å². The standard InChI is InChI=1S/C31H37N3O5S/c1-22(2)32-31(37)29(18-25-10-7-6-8-11-25)33(20-26-16-14-23(3)15-17-26)30(36)21-34(40(5,38)39)28-13-9-12-27(19-28)24(4)35/h6-17,19,22,29H,18,20-21H2,1-5H3,(H,32,37)/t29-/m0/s1. The van der Waals surface area contributed by atoms with Crippen LogP contribution in [0.4, 0.5) is 5.69 Å². The largest absolute Gasteiger partial charge is 0.352 e. The van der Waals surface area contributed by atoms with Crippen LogP contribution in [0.5, 0.6) is 0 Å². The van der Waals surface area contributed by atoms with E-state index in [0.29, 0.717) is 5.56 Å². The van der Waals surface area contributed by atoms with Gasteiger partial charge in [0.1, 0.15) is 12.6 Å². The summed E-state index contributed by atoms with van der Waals surface area (Å²) in [5.74, 6) is -1.10. The van der Waals surface area contributed by atoms with Gasteiger partial charge in [-0.3, -0.25) is 18.7 Å². The quantitative estimate of drug-likeness (QED) is 0.334. The zero-order chi connectivity index (χ0) is 29.4. The smallest absolute Gasteiger partial charge is 0.244 e. The van der Waals surface area contributed by atoms with E-state index in [-0.39, 0.29) is 36.4 Å². The van der Waals surface area contributed by atoms with Gasteiger partial charge in [-0.1, -0.05) is 72.3 Å². The predicted octanol–water partition coefficient (Wildman–Crippen LogP) is 4.13. The molecule has 9 heteroatoms. The molecular weight excluding hydrogens is 526 g/mol. The molecule has 3 aromatic carbocycles. The minimum absolute atomic E-state index is 0.104. The monoisotopic (exact) mass is 563 g/mol. The van der Waals surface area contributed by atoms with Crippen LogP contribution >= 0.6 is 0 Å². The van der Waals surface area contributed by atoms with Crippen molar-refractivity contribution in [3.05, 3.63) is 101 Å². The number of sulfonamides is 1. The maximum atomic E-state index is 14.1. The van der Waals surface area contributed by atoms with Crippen LogP contribution in [0.3, 0.4) is 0 Å². The van der Waals surface area contributed by atoms with Gasteiger partial charge in [-0.15, -0.1) is 0 Å². The first-order chi connectivity index (χ1) is 18.8. The molecule has 0 fully saturated rings. The summed E-state index contributed by atoms with van der Waals surface area (Å²) in [5, 5.41) is 2.93. The second kappa shape index (κ2) is 13.4. The van der Waals surface area contributed by atoms with Gasteiger partial charge in [0.15, 0.2) is 5.78 Å². The van der Waals surface area contributed by atoms with Gasteiger partial charge in [-0.2, -0.15) is 0 Å². The third-order valence-electron chi connectivity index (χ3n) is 6.40. The number of Topliss-reactive ketones (excluding diaryl/α,β-unsaturated/α-hetero) is 1. The molecule has 8 nitrogen and oxygen atoms in total. The molecule has 0 aliphatic heterocycles. The molecule has 0 unspecified atom stereocenters. The number of benzene rings is 3. The summed E-state index contributed by atoms with van der Waals surface area (Å²) in [5.41, 5.74) is 3.24. The van der Waals surface area contributed by atoms with Crippen LogP contribution in [0, 0.1) is 6.92 Å². The van der Waals surface area contributed by atoms with Crippen LogP contribution < -0.4 is 9.62 Å². The lowest BCUT2D eigenvalue weighted by Crippen LogP contribution is -2.54. The second-order valence-corrected chi connectivity index (χ2v) is 12.2. The van der Waals surface area contributed by atoms with Gasteiger partial charge in [0.05, 0.1) is 11.9 Å². The number of hydrogen-bond acceptors (Lipinski definition) is 5. The Hall–Kier alpha value is -3.98. The van der Waals surface area contributed by atoms with E-state index < -0.39 is 28.5 Å². The van der Waals surface area contributed by atoms with E-state index in [1.165, 1.54) is 24.0 Å². The number of carbonyl (C=O) groups excluding carboxylic acids is 3. The molecule has 1 atom stereocenters. The van der Waals surface area contributed by atoms with Crippen LogP contribution in [-0.4, -0.2) is 55.8 Å². The second-order valence-electron chi connectivity index (χ2n) is 10.3. The average Bonchev–Trinajstić information content (AvgIpc) is 2.89. The van der Waals surface area contributed by atoms with Crippen molar-refractivity contribution in [1.29, 1.82) is 0 Å². The van der Waals surface area contributed by atoms with Crippen molar-refractivity contribution in [3.8, 4) is 0 Å². The number of nitrogens with zero attached hydrogens (tertiary/aromatic N) is 2. The van der Waals surface area contributed by atoms with Crippen LogP contribution in [-0.2, 0) is 32.6 Å².